The molecule has 1 aromatic heterocycles. The van der Waals surface area contributed by atoms with Gasteiger partial charge in [0.05, 0.1) is 0 Å². The van der Waals surface area contributed by atoms with Gasteiger partial charge in [-0.15, -0.1) is 12.4 Å². The van der Waals surface area contributed by atoms with Gasteiger partial charge in [-0.3, -0.25) is 4.90 Å². The first kappa shape index (κ1) is 15.0. The maximum Gasteiger partial charge on any atom is 0.336 e. The lowest BCUT2D eigenvalue weighted by Gasteiger charge is -2.35. The second-order valence-electron chi connectivity index (χ2n) is 5.32. The number of hydrogen-bond acceptors (Lipinski definition) is 4. The molecular formula is C15H19ClN2O2. The summed E-state index contributed by atoms with van der Waals surface area (Å²) in [5.41, 5.74) is 2.56. The van der Waals surface area contributed by atoms with Crippen molar-refractivity contribution in [3.8, 4) is 0 Å². The smallest absolute Gasteiger partial charge is 0.336 e. The summed E-state index contributed by atoms with van der Waals surface area (Å²) >= 11 is 0. The van der Waals surface area contributed by atoms with Crippen LogP contribution in [0.3, 0.4) is 0 Å². The number of aryl methyl sites for hydroxylation is 1. The highest BCUT2D eigenvalue weighted by Crippen LogP contribution is 2.20. The number of hydrogen-bond donors (Lipinski definition) is 1. The van der Waals surface area contributed by atoms with Crippen LogP contribution in [0.4, 0.5) is 0 Å². The van der Waals surface area contributed by atoms with Crippen molar-refractivity contribution in [2.75, 3.05) is 20.1 Å². The minimum absolute atomic E-state index is 0. The molecule has 0 bridgehead atoms. The molecule has 2 aromatic rings. The molecule has 4 nitrogen and oxygen atoms in total. The van der Waals surface area contributed by atoms with Crippen LogP contribution in [0.2, 0.25) is 0 Å². The van der Waals surface area contributed by atoms with Crippen molar-refractivity contribution in [2.24, 2.45) is 0 Å². The fourth-order valence-electron chi connectivity index (χ4n) is 2.45. The van der Waals surface area contributed by atoms with Crippen molar-refractivity contribution in [1.82, 2.24) is 10.2 Å². The molecule has 0 aliphatic carbocycles. The molecule has 5 heteroatoms. The van der Waals surface area contributed by atoms with Crippen LogP contribution in [0, 0.1) is 6.92 Å². The van der Waals surface area contributed by atoms with Gasteiger partial charge in [-0.05, 0) is 31.2 Å². The predicted molar refractivity (Wildman–Crippen MR) is 82.6 cm³/mol. The lowest BCUT2D eigenvalue weighted by atomic mass is 10.1. The summed E-state index contributed by atoms with van der Waals surface area (Å²) < 4.78 is 5.28. The van der Waals surface area contributed by atoms with Crippen molar-refractivity contribution >= 4 is 23.4 Å². The van der Waals surface area contributed by atoms with E-state index in [1.54, 1.807) is 6.07 Å². The SMILES string of the molecule is Cc1ccc2c(CN(C)C3CNC3)cc(=O)oc2c1.Cl. The Kier molecular flexibility index (Phi) is 4.48. The topological polar surface area (TPSA) is 45.5 Å². The van der Waals surface area contributed by atoms with Gasteiger partial charge in [-0.25, -0.2) is 4.79 Å². The van der Waals surface area contributed by atoms with E-state index in [9.17, 15) is 4.79 Å². The average Bonchev–Trinajstić information content (AvgIpc) is 2.25. The molecule has 0 saturated carbocycles. The maximum absolute atomic E-state index is 11.7. The van der Waals surface area contributed by atoms with E-state index >= 15 is 0 Å². The molecule has 0 spiro atoms. The first-order valence-electron chi connectivity index (χ1n) is 6.58. The zero-order valence-electron chi connectivity index (χ0n) is 11.7. The van der Waals surface area contributed by atoms with E-state index in [-0.39, 0.29) is 18.0 Å². The maximum atomic E-state index is 11.7. The molecule has 1 fully saturated rings. The van der Waals surface area contributed by atoms with E-state index in [0.717, 1.165) is 36.1 Å². The van der Waals surface area contributed by atoms with Crippen molar-refractivity contribution < 1.29 is 4.42 Å². The lowest BCUT2D eigenvalue weighted by Crippen LogP contribution is -2.55. The molecule has 108 valence electrons. The van der Waals surface area contributed by atoms with Gasteiger partial charge in [0.2, 0.25) is 0 Å². The van der Waals surface area contributed by atoms with Gasteiger partial charge in [0.15, 0.2) is 0 Å². The van der Waals surface area contributed by atoms with Crippen LogP contribution in [0.1, 0.15) is 11.1 Å². The molecule has 3 rings (SSSR count). The van der Waals surface area contributed by atoms with Gasteiger partial charge >= 0.3 is 5.63 Å². The van der Waals surface area contributed by atoms with E-state index in [1.165, 1.54) is 0 Å². The molecule has 0 unspecified atom stereocenters. The highest BCUT2D eigenvalue weighted by atomic mass is 35.5. The number of fused-ring (bicyclic) bond motifs is 1. The summed E-state index contributed by atoms with van der Waals surface area (Å²) in [5.74, 6) is 0. The Bertz CT molecular complexity index is 664. The van der Waals surface area contributed by atoms with Gasteiger partial charge in [-0.1, -0.05) is 12.1 Å². The molecular weight excluding hydrogens is 276 g/mol. The minimum atomic E-state index is -0.270. The Labute approximate surface area is 124 Å². The Balaban J connectivity index is 0.00000147. The summed E-state index contributed by atoms with van der Waals surface area (Å²) in [4.78, 5) is 13.9. The molecule has 1 aliphatic heterocycles. The molecule has 2 heterocycles. The second-order valence-corrected chi connectivity index (χ2v) is 5.32. The first-order valence-corrected chi connectivity index (χ1v) is 6.58. The summed E-state index contributed by atoms with van der Waals surface area (Å²) in [6, 6.07) is 8.19. The van der Waals surface area contributed by atoms with Gasteiger partial charge in [0, 0.05) is 37.1 Å². The van der Waals surface area contributed by atoms with Crippen molar-refractivity contribution in [1.29, 1.82) is 0 Å². The second kappa shape index (κ2) is 5.95. The number of halogens is 1. The molecule has 0 amide bonds. The van der Waals surface area contributed by atoms with E-state index in [1.807, 2.05) is 19.1 Å². The number of benzene rings is 1. The lowest BCUT2D eigenvalue weighted by molar-refractivity contribution is 0.173. The normalized spacial score (nSPS) is 15.2. The average molecular weight is 295 g/mol. The quantitative estimate of drug-likeness (QED) is 0.879. The number of nitrogens with one attached hydrogen (secondary N) is 1. The van der Waals surface area contributed by atoms with Crippen LogP contribution in [0.5, 0.6) is 0 Å². The third kappa shape index (κ3) is 2.87. The van der Waals surface area contributed by atoms with Crippen LogP contribution < -0.4 is 10.9 Å². The highest BCUT2D eigenvalue weighted by Gasteiger charge is 2.22. The van der Waals surface area contributed by atoms with Crippen LogP contribution in [-0.4, -0.2) is 31.1 Å². The Morgan fingerprint density at radius 1 is 1.35 bits per heavy atom. The van der Waals surface area contributed by atoms with E-state index in [0.29, 0.717) is 11.6 Å². The third-order valence-corrected chi connectivity index (χ3v) is 3.79. The summed E-state index contributed by atoms with van der Waals surface area (Å²) in [5, 5.41) is 4.29. The number of rotatable bonds is 3. The van der Waals surface area contributed by atoms with E-state index in [4.69, 9.17) is 4.42 Å². The van der Waals surface area contributed by atoms with Crippen LogP contribution in [0.15, 0.2) is 33.5 Å². The van der Waals surface area contributed by atoms with Gasteiger partial charge < -0.3 is 9.73 Å². The fraction of sp³-hybridized carbons (Fsp3) is 0.400. The number of likely N-dealkylation sites (N-methyl/N-ethyl adjacent to an activating group) is 1. The van der Waals surface area contributed by atoms with Crippen molar-refractivity contribution in [3.63, 3.8) is 0 Å². The molecule has 1 saturated heterocycles. The molecule has 0 radical (unpaired) electrons. The van der Waals surface area contributed by atoms with Gasteiger partial charge in [0.25, 0.3) is 0 Å². The standard InChI is InChI=1S/C15H18N2O2.ClH/c1-10-3-4-13-11(6-15(18)19-14(13)5-10)9-17(2)12-7-16-8-12;/h3-6,12,16H,7-9H2,1-2H3;1H. The van der Waals surface area contributed by atoms with E-state index in [2.05, 4.69) is 23.3 Å². The monoisotopic (exact) mass is 294 g/mol. The van der Waals surface area contributed by atoms with Gasteiger partial charge in [-0.2, -0.15) is 0 Å². The molecule has 1 N–H and O–H groups in total. The van der Waals surface area contributed by atoms with Gasteiger partial charge in [0.1, 0.15) is 5.58 Å². The van der Waals surface area contributed by atoms with Crippen LogP contribution >= 0.6 is 12.4 Å². The predicted octanol–water partition coefficient (Wildman–Crippen LogP) is 1.93. The molecule has 20 heavy (non-hydrogen) atoms. The van der Waals surface area contributed by atoms with E-state index < -0.39 is 0 Å². The Hall–Kier alpha value is -1.36. The summed E-state index contributed by atoms with van der Waals surface area (Å²) in [6.45, 7) is 4.82. The van der Waals surface area contributed by atoms with Crippen molar-refractivity contribution in [2.45, 2.75) is 19.5 Å². The molecule has 1 aromatic carbocycles. The molecule has 0 atom stereocenters. The summed E-state index contributed by atoms with van der Waals surface area (Å²) in [7, 11) is 2.10. The van der Waals surface area contributed by atoms with Crippen LogP contribution in [-0.2, 0) is 6.54 Å². The van der Waals surface area contributed by atoms with Crippen LogP contribution in [0.25, 0.3) is 11.0 Å². The highest BCUT2D eigenvalue weighted by molar-refractivity contribution is 5.85. The largest absolute Gasteiger partial charge is 0.423 e. The zero-order chi connectivity index (χ0) is 13.4. The third-order valence-electron chi connectivity index (χ3n) is 3.79. The molecule has 1 aliphatic rings. The fourth-order valence-corrected chi connectivity index (χ4v) is 2.45. The number of nitrogens with zero attached hydrogens (tertiary/aromatic N) is 1. The van der Waals surface area contributed by atoms with Crippen molar-refractivity contribution in [3.05, 3.63) is 45.8 Å². The Morgan fingerprint density at radius 2 is 2.10 bits per heavy atom. The minimum Gasteiger partial charge on any atom is -0.423 e. The zero-order valence-corrected chi connectivity index (χ0v) is 12.5. The summed E-state index contributed by atoms with van der Waals surface area (Å²) in [6.07, 6.45) is 0. The first-order chi connectivity index (χ1) is 9.13. The Morgan fingerprint density at radius 3 is 2.75 bits per heavy atom.